The average molecular weight is 467 g/mol. The zero-order valence-corrected chi connectivity index (χ0v) is 17.0. The molecule has 0 amide bonds. The molecule has 4 aromatic rings. The number of Topliss-reactive ketones (excluding diaryl/α,β-unsaturated/α-hetero) is 1. The molecule has 3 aromatic carbocycles. The summed E-state index contributed by atoms with van der Waals surface area (Å²) in [6.45, 7) is 0. The van der Waals surface area contributed by atoms with Gasteiger partial charge < -0.3 is 4.98 Å². The van der Waals surface area contributed by atoms with E-state index in [1.165, 1.54) is 6.07 Å². The second-order valence-corrected chi connectivity index (χ2v) is 7.64. The quantitative estimate of drug-likeness (QED) is 0.257. The van der Waals surface area contributed by atoms with Gasteiger partial charge in [-0.05, 0) is 48.0 Å². The van der Waals surface area contributed by atoms with Gasteiger partial charge in [0.2, 0.25) is 0 Å². The number of imidazole rings is 1. The van der Waals surface area contributed by atoms with Gasteiger partial charge in [-0.25, -0.2) is 9.37 Å². The molecular formula is C22H12Cl2F4N2O. The third kappa shape index (κ3) is 4.29. The molecule has 0 unspecified atom stereocenters. The van der Waals surface area contributed by atoms with Gasteiger partial charge in [-0.2, -0.15) is 13.2 Å². The van der Waals surface area contributed by atoms with E-state index < -0.39 is 23.3 Å². The summed E-state index contributed by atoms with van der Waals surface area (Å²) in [5.74, 6) is -1.38. The topological polar surface area (TPSA) is 45.8 Å². The number of ketones is 1. The lowest BCUT2D eigenvalue weighted by Crippen LogP contribution is -2.10. The predicted molar refractivity (Wildman–Crippen MR) is 111 cm³/mol. The Bertz CT molecular complexity index is 1290. The van der Waals surface area contributed by atoms with Crippen molar-refractivity contribution in [2.75, 3.05) is 0 Å². The first kappa shape index (κ1) is 21.3. The summed E-state index contributed by atoms with van der Waals surface area (Å²) in [6, 6.07) is 12.3. The van der Waals surface area contributed by atoms with E-state index in [0.717, 1.165) is 6.07 Å². The number of aromatic nitrogens is 2. The fraction of sp³-hybridized carbons (Fsp3) is 0.0909. The highest BCUT2D eigenvalue weighted by molar-refractivity contribution is 6.39. The van der Waals surface area contributed by atoms with Gasteiger partial charge in [0, 0.05) is 12.0 Å². The maximum atomic E-state index is 13.5. The molecule has 0 fully saturated rings. The number of rotatable bonds is 4. The SMILES string of the molecule is O=C(Cc1ccc(F)c(C(F)(F)F)c1)c1ccc2nc(-c3c(Cl)cccc3Cl)[nH]c2c1. The normalized spacial score (nSPS) is 11.8. The maximum Gasteiger partial charge on any atom is 0.419 e. The number of alkyl halides is 3. The Morgan fingerprint density at radius 2 is 1.71 bits per heavy atom. The van der Waals surface area contributed by atoms with Crippen LogP contribution in [0.2, 0.25) is 10.0 Å². The lowest BCUT2D eigenvalue weighted by atomic mass is 10.0. The number of nitrogens with zero attached hydrogens (tertiary/aromatic N) is 1. The molecule has 1 aromatic heterocycles. The molecule has 0 atom stereocenters. The molecular weight excluding hydrogens is 455 g/mol. The summed E-state index contributed by atoms with van der Waals surface area (Å²) in [6.07, 6.45) is -5.15. The van der Waals surface area contributed by atoms with Crippen molar-refractivity contribution in [2.45, 2.75) is 12.6 Å². The number of H-pyrrole nitrogens is 1. The second-order valence-electron chi connectivity index (χ2n) is 6.83. The van der Waals surface area contributed by atoms with Gasteiger partial charge in [0.25, 0.3) is 0 Å². The molecule has 0 aliphatic rings. The number of benzene rings is 3. The zero-order valence-electron chi connectivity index (χ0n) is 15.5. The van der Waals surface area contributed by atoms with Crippen molar-refractivity contribution in [2.24, 2.45) is 0 Å². The molecule has 0 bridgehead atoms. The van der Waals surface area contributed by atoms with Gasteiger partial charge in [-0.1, -0.05) is 35.3 Å². The minimum Gasteiger partial charge on any atom is -0.338 e. The zero-order chi connectivity index (χ0) is 22.3. The van der Waals surface area contributed by atoms with E-state index in [4.69, 9.17) is 23.2 Å². The minimum absolute atomic E-state index is 0.0620. The molecule has 1 heterocycles. The van der Waals surface area contributed by atoms with Crippen LogP contribution in [0.4, 0.5) is 17.6 Å². The van der Waals surface area contributed by atoms with Gasteiger partial charge in [0.1, 0.15) is 11.6 Å². The van der Waals surface area contributed by atoms with Crippen LogP contribution >= 0.6 is 23.2 Å². The van der Waals surface area contributed by atoms with Crippen LogP contribution in [-0.4, -0.2) is 15.8 Å². The van der Waals surface area contributed by atoms with E-state index in [0.29, 0.717) is 44.6 Å². The number of hydrogen-bond donors (Lipinski definition) is 1. The first-order chi connectivity index (χ1) is 14.6. The Labute approximate surface area is 183 Å². The van der Waals surface area contributed by atoms with Crippen molar-refractivity contribution >= 4 is 40.0 Å². The molecule has 0 radical (unpaired) electrons. The van der Waals surface area contributed by atoms with Crippen LogP contribution in [0, 0.1) is 5.82 Å². The third-order valence-electron chi connectivity index (χ3n) is 4.70. The Balaban J connectivity index is 1.64. The van der Waals surface area contributed by atoms with Crippen LogP contribution < -0.4 is 0 Å². The van der Waals surface area contributed by atoms with E-state index in [1.54, 1.807) is 30.3 Å². The van der Waals surface area contributed by atoms with Crippen molar-refractivity contribution in [3.8, 4) is 11.4 Å². The van der Waals surface area contributed by atoms with Gasteiger partial charge in [-0.15, -0.1) is 0 Å². The molecule has 158 valence electrons. The Morgan fingerprint density at radius 1 is 1.00 bits per heavy atom. The lowest BCUT2D eigenvalue weighted by Gasteiger charge is -2.10. The minimum atomic E-state index is -4.84. The molecule has 0 saturated carbocycles. The Hall–Kier alpha value is -2.90. The number of aromatic amines is 1. The molecule has 0 aliphatic carbocycles. The molecule has 3 nitrogen and oxygen atoms in total. The van der Waals surface area contributed by atoms with E-state index in [2.05, 4.69) is 9.97 Å². The summed E-state index contributed by atoms with van der Waals surface area (Å²) in [7, 11) is 0. The molecule has 0 saturated heterocycles. The highest BCUT2D eigenvalue weighted by Crippen LogP contribution is 2.34. The molecule has 31 heavy (non-hydrogen) atoms. The van der Waals surface area contributed by atoms with Gasteiger partial charge in [0.05, 0.1) is 32.2 Å². The van der Waals surface area contributed by atoms with Gasteiger partial charge in [0.15, 0.2) is 5.78 Å². The van der Waals surface area contributed by atoms with Crippen molar-refractivity contribution < 1.29 is 22.4 Å². The van der Waals surface area contributed by atoms with Crippen LogP contribution in [0.5, 0.6) is 0 Å². The lowest BCUT2D eigenvalue weighted by molar-refractivity contribution is -0.140. The van der Waals surface area contributed by atoms with E-state index in [-0.39, 0.29) is 17.5 Å². The predicted octanol–water partition coefficient (Wildman–Crippen LogP) is 7.12. The number of hydrogen-bond acceptors (Lipinski definition) is 2. The summed E-state index contributed by atoms with van der Waals surface area (Å²) >= 11 is 12.4. The van der Waals surface area contributed by atoms with Crippen LogP contribution in [0.3, 0.4) is 0 Å². The number of nitrogens with one attached hydrogen (secondary N) is 1. The molecule has 4 rings (SSSR count). The fourth-order valence-corrected chi connectivity index (χ4v) is 3.79. The van der Waals surface area contributed by atoms with Gasteiger partial charge in [-0.3, -0.25) is 4.79 Å². The molecule has 0 aliphatic heterocycles. The van der Waals surface area contributed by atoms with Crippen molar-refractivity contribution in [1.29, 1.82) is 0 Å². The van der Waals surface area contributed by atoms with Gasteiger partial charge >= 0.3 is 6.18 Å². The Morgan fingerprint density at radius 3 is 2.39 bits per heavy atom. The average Bonchev–Trinajstić information content (AvgIpc) is 3.11. The van der Waals surface area contributed by atoms with Crippen molar-refractivity contribution in [3.63, 3.8) is 0 Å². The number of carbonyl (C=O) groups is 1. The van der Waals surface area contributed by atoms with Crippen LogP contribution in [0.1, 0.15) is 21.5 Å². The van der Waals surface area contributed by atoms with Crippen molar-refractivity contribution in [1.82, 2.24) is 9.97 Å². The standard InChI is InChI=1S/C22H12Cl2F4N2O/c23-14-2-1-3-15(24)20(14)21-29-17-7-5-12(10-18(17)30-21)19(31)9-11-4-6-16(25)13(8-11)22(26,27)28/h1-8,10H,9H2,(H,29,30). The summed E-state index contributed by atoms with van der Waals surface area (Å²) in [5.41, 5.74) is 0.539. The molecule has 1 N–H and O–H groups in total. The second kappa shape index (κ2) is 7.98. The van der Waals surface area contributed by atoms with Crippen LogP contribution in [0.15, 0.2) is 54.6 Å². The highest BCUT2D eigenvalue weighted by atomic mass is 35.5. The van der Waals surface area contributed by atoms with E-state index in [9.17, 15) is 22.4 Å². The first-order valence-corrected chi connectivity index (χ1v) is 9.72. The summed E-state index contributed by atoms with van der Waals surface area (Å²) < 4.78 is 52.2. The fourth-order valence-electron chi connectivity index (χ4n) is 3.21. The largest absolute Gasteiger partial charge is 0.419 e. The maximum absolute atomic E-state index is 13.5. The Kier molecular flexibility index (Phi) is 5.49. The molecule has 0 spiro atoms. The number of carbonyl (C=O) groups excluding carboxylic acids is 1. The summed E-state index contributed by atoms with van der Waals surface area (Å²) in [5, 5.41) is 0.805. The highest BCUT2D eigenvalue weighted by Gasteiger charge is 2.34. The number of fused-ring (bicyclic) bond motifs is 1. The van der Waals surface area contributed by atoms with Crippen molar-refractivity contribution in [3.05, 3.63) is 87.2 Å². The van der Waals surface area contributed by atoms with E-state index in [1.807, 2.05) is 0 Å². The first-order valence-electron chi connectivity index (χ1n) is 8.96. The van der Waals surface area contributed by atoms with Crippen LogP contribution in [-0.2, 0) is 12.6 Å². The molecule has 9 heteroatoms. The third-order valence-corrected chi connectivity index (χ3v) is 5.33. The monoisotopic (exact) mass is 466 g/mol. The van der Waals surface area contributed by atoms with E-state index >= 15 is 0 Å². The smallest absolute Gasteiger partial charge is 0.338 e. The van der Waals surface area contributed by atoms with Crippen LogP contribution in [0.25, 0.3) is 22.4 Å². The summed E-state index contributed by atoms with van der Waals surface area (Å²) in [4.78, 5) is 20.1. The number of halogens is 6.